The molecule has 0 aliphatic heterocycles. The summed E-state index contributed by atoms with van der Waals surface area (Å²) in [5.41, 5.74) is -1.89. The molecule has 0 unspecified atom stereocenters. The molecule has 0 radical (unpaired) electrons. The van der Waals surface area contributed by atoms with Gasteiger partial charge in [-0.3, -0.25) is 14.2 Å². The van der Waals surface area contributed by atoms with E-state index >= 15 is 0 Å². The van der Waals surface area contributed by atoms with Gasteiger partial charge in [0.2, 0.25) is 5.75 Å². The summed E-state index contributed by atoms with van der Waals surface area (Å²) in [5, 5.41) is 9.12. The smallest absolute Gasteiger partial charge is 0.449 e. The van der Waals surface area contributed by atoms with E-state index in [-0.39, 0.29) is 34.5 Å². The topological polar surface area (TPSA) is 113 Å². The lowest BCUT2D eigenvalue weighted by Gasteiger charge is -2.19. The fourth-order valence-corrected chi connectivity index (χ4v) is 5.52. The molecule has 2 heterocycles. The van der Waals surface area contributed by atoms with Crippen LogP contribution in [0.1, 0.15) is 29.2 Å². The summed E-state index contributed by atoms with van der Waals surface area (Å²) in [7, 11) is 1.58. The maximum atomic E-state index is 13.6. The van der Waals surface area contributed by atoms with Crippen molar-refractivity contribution >= 4 is 27.7 Å². The number of rotatable bonds is 3. The van der Waals surface area contributed by atoms with Crippen LogP contribution in [0.3, 0.4) is 0 Å². The zero-order valence-corrected chi connectivity index (χ0v) is 19.2. The summed E-state index contributed by atoms with van der Waals surface area (Å²) >= 11 is 0.927. The van der Waals surface area contributed by atoms with E-state index in [4.69, 9.17) is 5.11 Å². The van der Waals surface area contributed by atoms with Crippen LogP contribution in [0.2, 0.25) is 0 Å². The van der Waals surface area contributed by atoms with Crippen molar-refractivity contribution < 1.29 is 27.8 Å². The van der Waals surface area contributed by atoms with E-state index in [1.54, 1.807) is 13.1 Å². The number of halogens is 3. The van der Waals surface area contributed by atoms with Crippen molar-refractivity contribution in [2.24, 2.45) is 7.05 Å². The number of hydrogen-bond donors (Lipinski definition) is 1. The Morgan fingerprint density at radius 3 is 2.61 bits per heavy atom. The third-order valence-corrected chi connectivity index (χ3v) is 7.19. The predicted molar refractivity (Wildman–Crippen MR) is 123 cm³/mol. The Bertz CT molecular complexity index is 1730. The van der Waals surface area contributed by atoms with Crippen molar-refractivity contribution in [1.29, 1.82) is 0 Å². The van der Waals surface area contributed by atoms with E-state index in [0.717, 1.165) is 32.7 Å². The average Bonchev–Trinajstić information content (AvgIpc) is 3.35. The second-order valence-corrected chi connectivity index (χ2v) is 9.19. The van der Waals surface area contributed by atoms with Gasteiger partial charge in [-0.05, 0) is 48.2 Å². The molecule has 2 aromatic heterocycles. The molecule has 186 valence electrons. The molecule has 4 aromatic rings. The van der Waals surface area contributed by atoms with Crippen molar-refractivity contribution in [3.05, 3.63) is 89.8 Å². The zero-order chi connectivity index (χ0) is 25.9. The molecular weight excluding hydrogens is 503 g/mol. The highest BCUT2D eigenvalue weighted by molar-refractivity contribution is 7.16. The van der Waals surface area contributed by atoms with Crippen LogP contribution in [0.15, 0.2) is 57.0 Å². The first kappa shape index (κ1) is 23.6. The molecule has 0 saturated carbocycles. The molecular formula is C23H16F3N3O6S. The van der Waals surface area contributed by atoms with Gasteiger partial charge in [0.25, 0.3) is 5.56 Å². The van der Waals surface area contributed by atoms with E-state index in [2.05, 4.69) is 4.74 Å². The molecule has 13 heteroatoms. The molecule has 1 atom stereocenters. The lowest BCUT2D eigenvalue weighted by Crippen LogP contribution is -2.42. The first-order valence-corrected chi connectivity index (χ1v) is 11.4. The number of aromatic nitrogens is 3. The molecule has 0 fully saturated rings. The second-order valence-electron chi connectivity index (χ2n) is 8.19. The Morgan fingerprint density at radius 2 is 1.92 bits per heavy atom. The van der Waals surface area contributed by atoms with Crippen LogP contribution >= 0.6 is 11.3 Å². The van der Waals surface area contributed by atoms with Crippen LogP contribution < -0.4 is 20.9 Å². The summed E-state index contributed by atoms with van der Waals surface area (Å²) in [6.07, 6.45) is -5.51. The normalized spacial score (nSPS) is 15.3. The summed E-state index contributed by atoms with van der Waals surface area (Å²) in [6.45, 7) is 0. The zero-order valence-electron chi connectivity index (χ0n) is 18.4. The monoisotopic (exact) mass is 519 g/mol. The number of nitrogens with zero attached hydrogens (tertiary/aromatic N) is 3. The average molecular weight is 519 g/mol. The van der Waals surface area contributed by atoms with Crippen LogP contribution in [0.5, 0.6) is 5.75 Å². The van der Waals surface area contributed by atoms with Crippen molar-refractivity contribution in [3.63, 3.8) is 0 Å². The number of carboxylic acid groups (broad SMARTS) is 1. The van der Waals surface area contributed by atoms with E-state index in [9.17, 15) is 32.3 Å². The Kier molecular flexibility index (Phi) is 5.39. The van der Waals surface area contributed by atoms with Gasteiger partial charge in [-0.2, -0.15) is 13.2 Å². The molecule has 0 amide bonds. The number of benzene rings is 2. The van der Waals surface area contributed by atoms with Gasteiger partial charge < -0.3 is 14.4 Å². The lowest BCUT2D eigenvalue weighted by molar-refractivity contribution is -0.138. The predicted octanol–water partition coefficient (Wildman–Crippen LogP) is 3.52. The van der Waals surface area contributed by atoms with Gasteiger partial charge in [0, 0.05) is 7.05 Å². The standard InChI is InChI=1S/C23H16F3N3O6S/c1-27-16-7-5-11(9-18(16)36-21(27)32)28-10-17(35-22(33)34)19(30)29(20(28)31)15-8-6-12-13(15)3-2-4-14(12)23(24,25)26/h2-5,7,9-10,15H,6,8H2,1H3,(H,33,34)/t15-/m1/s1. The Labute approximate surface area is 202 Å². The van der Waals surface area contributed by atoms with Gasteiger partial charge in [0.15, 0.2) is 0 Å². The maximum absolute atomic E-state index is 13.6. The van der Waals surface area contributed by atoms with Gasteiger partial charge in [-0.1, -0.05) is 23.5 Å². The van der Waals surface area contributed by atoms with Gasteiger partial charge >= 0.3 is 22.9 Å². The molecule has 1 N–H and O–H groups in total. The number of carbonyl (C=O) groups is 1. The number of hydrogen-bond acceptors (Lipinski definition) is 6. The summed E-state index contributed by atoms with van der Waals surface area (Å²) in [4.78, 5) is 49.7. The molecule has 0 spiro atoms. The minimum atomic E-state index is -4.62. The lowest BCUT2D eigenvalue weighted by atomic mass is 10.0. The molecule has 5 rings (SSSR count). The molecule has 0 bridgehead atoms. The minimum absolute atomic E-state index is 0.0205. The molecule has 2 aromatic carbocycles. The number of alkyl halides is 3. The van der Waals surface area contributed by atoms with E-state index in [1.807, 2.05) is 0 Å². The van der Waals surface area contributed by atoms with Crippen molar-refractivity contribution in [2.45, 2.75) is 25.1 Å². The number of ether oxygens (including phenoxy) is 1. The highest BCUT2D eigenvalue weighted by Crippen LogP contribution is 2.41. The largest absolute Gasteiger partial charge is 0.511 e. The first-order chi connectivity index (χ1) is 17.0. The van der Waals surface area contributed by atoms with E-state index < -0.39 is 40.9 Å². The van der Waals surface area contributed by atoms with Crippen LogP contribution in [0.4, 0.5) is 18.0 Å². The number of aryl methyl sites for hydroxylation is 1. The third-order valence-electron chi connectivity index (χ3n) is 6.20. The molecule has 36 heavy (non-hydrogen) atoms. The first-order valence-electron chi connectivity index (χ1n) is 10.6. The van der Waals surface area contributed by atoms with E-state index in [0.29, 0.717) is 10.2 Å². The Morgan fingerprint density at radius 1 is 1.17 bits per heavy atom. The van der Waals surface area contributed by atoms with Gasteiger partial charge in [0.05, 0.1) is 33.7 Å². The second kappa shape index (κ2) is 8.22. The summed E-state index contributed by atoms with van der Waals surface area (Å²) in [5.74, 6) is -0.691. The van der Waals surface area contributed by atoms with Gasteiger partial charge in [-0.25, -0.2) is 14.2 Å². The van der Waals surface area contributed by atoms with Crippen molar-refractivity contribution in [3.8, 4) is 11.4 Å². The SMILES string of the molecule is Cn1c(=O)sc2cc(-n3cc(OC(=O)O)c(=O)n([C@@H]4CCc5c4cccc5C(F)(F)F)c3=O)ccc21. The van der Waals surface area contributed by atoms with Crippen LogP contribution in [-0.2, 0) is 19.6 Å². The molecule has 1 aliphatic rings. The number of fused-ring (bicyclic) bond motifs is 2. The van der Waals surface area contributed by atoms with Crippen LogP contribution in [-0.4, -0.2) is 25.0 Å². The summed E-state index contributed by atoms with van der Waals surface area (Å²) < 4.78 is 48.9. The van der Waals surface area contributed by atoms with Crippen LogP contribution in [0, 0.1) is 0 Å². The third kappa shape index (κ3) is 3.71. The summed E-state index contributed by atoms with van der Waals surface area (Å²) in [6, 6.07) is 7.09. The Balaban J connectivity index is 1.75. The van der Waals surface area contributed by atoms with Crippen molar-refractivity contribution in [1.82, 2.24) is 13.7 Å². The van der Waals surface area contributed by atoms with Crippen molar-refractivity contribution in [2.75, 3.05) is 0 Å². The van der Waals surface area contributed by atoms with E-state index in [1.165, 1.54) is 28.8 Å². The number of thiazole rings is 1. The minimum Gasteiger partial charge on any atom is -0.449 e. The molecule has 1 aliphatic carbocycles. The highest BCUT2D eigenvalue weighted by Gasteiger charge is 2.38. The fourth-order valence-electron chi connectivity index (χ4n) is 4.61. The van der Waals surface area contributed by atoms with Gasteiger partial charge in [-0.15, -0.1) is 0 Å². The maximum Gasteiger partial charge on any atom is 0.511 e. The highest BCUT2D eigenvalue weighted by atomic mass is 32.1. The van der Waals surface area contributed by atoms with Crippen LogP contribution in [0.25, 0.3) is 15.9 Å². The quantitative estimate of drug-likeness (QED) is 0.415. The Hall–Kier alpha value is -4.13. The fraction of sp³-hybridized carbons (Fsp3) is 0.217. The molecule has 9 nitrogen and oxygen atoms in total. The molecule has 0 saturated heterocycles. The van der Waals surface area contributed by atoms with Gasteiger partial charge in [0.1, 0.15) is 0 Å².